The van der Waals surface area contributed by atoms with Crippen molar-refractivity contribution in [3.63, 3.8) is 0 Å². The van der Waals surface area contributed by atoms with Gasteiger partial charge in [0.15, 0.2) is 0 Å². The van der Waals surface area contributed by atoms with Gasteiger partial charge in [0.1, 0.15) is 0 Å². The van der Waals surface area contributed by atoms with Crippen molar-refractivity contribution < 1.29 is 0 Å². The zero-order chi connectivity index (χ0) is 17.8. The van der Waals surface area contributed by atoms with Gasteiger partial charge in [-0.1, -0.05) is 68.1 Å². The van der Waals surface area contributed by atoms with Gasteiger partial charge < -0.3 is 9.88 Å². The Balaban J connectivity index is 1.56. The molecule has 1 saturated carbocycles. The Hall–Kier alpha value is -2.06. The van der Waals surface area contributed by atoms with E-state index in [0.29, 0.717) is 6.04 Å². The number of hydrogen-bond acceptors (Lipinski definition) is 1. The smallest absolute Gasteiger partial charge is 0.0486 e. The first kappa shape index (κ1) is 17.4. The van der Waals surface area contributed by atoms with Crippen LogP contribution in [0.25, 0.3) is 10.9 Å². The van der Waals surface area contributed by atoms with Crippen LogP contribution in [-0.4, -0.2) is 10.6 Å². The van der Waals surface area contributed by atoms with E-state index in [1.807, 2.05) is 0 Å². The number of fused-ring (bicyclic) bond motifs is 1. The summed E-state index contributed by atoms with van der Waals surface area (Å²) in [7, 11) is 0. The molecule has 0 saturated heterocycles. The van der Waals surface area contributed by atoms with Gasteiger partial charge in [-0.2, -0.15) is 0 Å². The molecule has 0 bridgehead atoms. The maximum absolute atomic E-state index is 3.85. The molecule has 0 amide bonds. The summed E-state index contributed by atoms with van der Waals surface area (Å²) >= 11 is 0. The zero-order valence-electron chi connectivity index (χ0n) is 15.9. The molecular weight excluding hydrogens is 316 g/mol. The third-order valence-corrected chi connectivity index (χ3v) is 5.91. The van der Waals surface area contributed by atoms with Gasteiger partial charge in [-0.05, 0) is 42.5 Å². The van der Waals surface area contributed by atoms with E-state index in [0.717, 1.165) is 13.1 Å². The Labute approximate surface area is 157 Å². The summed E-state index contributed by atoms with van der Waals surface area (Å²) in [5, 5.41) is 5.24. The van der Waals surface area contributed by atoms with E-state index in [4.69, 9.17) is 0 Å². The highest BCUT2D eigenvalue weighted by molar-refractivity contribution is 5.84. The molecule has 2 heteroatoms. The van der Waals surface area contributed by atoms with Crippen LogP contribution in [-0.2, 0) is 13.1 Å². The molecule has 136 valence electrons. The van der Waals surface area contributed by atoms with Crippen molar-refractivity contribution in [3.8, 4) is 0 Å². The van der Waals surface area contributed by atoms with Crippen molar-refractivity contribution in [2.75, 3.05) is 0 Å². The number of nitrogens with one attached hydrogen (secondary N) is 1. The fraction of sp³-hybridized carbons (Fsp3) is 0.417. The molecule has 2 nitrogen and oxygen atoms in total. The Bertz CT molecular complexity index is 854. The van der Waals surface area contributed by atoms with E-state index in [-0.39, 0.29) is 0 Å². The van der Waals surface area contributed by atoms with Gasteiger partial charge in [-0.15, -0.1) is 0 Å². The molecule has 0 spiro atoms. The second-order valence-corrected chi connectivity index (χ2v) is 7.80. The molecule has 3 aromatic rings. The maximum Gasteiger partial charge on any atom is 0.0486 e. The molecule has 1 heterocycles. The van der Waals surface area contributed by atoms with Gasteiger partial charge in [0, 0.05) is 36.2 Å². The first-order valence-electron chi connectivity index (χ1n) is 10.2. The molecule has 0 unspecified atom stereocenters. The largest absolute Gasteiger partial charge is 0.343 e. The molecule has 1 aliphatic rings. The lowest BCUT2D eigenvalue weighted by atomic mass is 10.1. The first-order valence-corrected chi connectivity index (χ1v) is 10.2. The number of rotatable bonds is 5. The van der Waals surface area contributed by atoms with Crippen LogP contribution in [0, 0.1) is 6.92 Å². The number of hydrogen-bond donors (Lipinski definition) is 1. The van der Waals surface area contributed by atoms with Crippen molar-refractivity contribution in [1.29, 1.82) is 0 Å². The standard InChI is InChI=1S/C24H30N2/c1-19-10-6-7-11-20(19)17-26-18-21(23-14-8-9-15-24(23)26)16-25-22-12-4-2-3-5-13-22/h6-11,14-15,18,22,25H,2-5,12-13,16-17H2,1H3. The van der Waals surface area contributed by atoms with E-state index >= 15 is 0 Å². The van der Waals surface area contributed by atoms with Crippen LogP contribution in [0.4, 0.5) is 0 Å². The summed E-state index contributed by atoms with van der Waals surface area (Å²) in [6.45, 7) is 4.12. The minimum absolute atomic E-state index is 0.691. The van der Waals surface area contributed by atoms with Gasteiger partial charge in [0.25, 0.3) is 0 Å². The summed E-state index contributed by atoms with van der Waals surface area (Å²) < 4.78 is 2.42. The fourth-order valence-electron chi connectivity index (χ4n) is 4.30. The number of para-hydroxylation sites is 1. The summed E-state index contributed by atoms with van der Waals surface area (Å²) in [6.07, 6.45) is 10.6. The molecule has 1 aromatic heterocycles. The highest BCUT2D eigenvalue weighted by Gasteiger charge is 2.14. The first-order chi connectivity index (χ1) is 12.8. The van der Waals surface area contributed by atoms with Crippen molar-refractivity contribution >= 4 is 10.9 Å². The maximum atomic E-state index is 3.85. The van der Waals surface area contributed by atoms with Crippen molar-refractivity contribution in [1.82, 2.24) is 9.88 Å². The predicted octanol–water partition coefficient (Wildman–Crippen LogP) is 5.81. The van der Waals surface area contributed by atoms with Crippen molar-refractivity contribution in [2.45, 2.75) is 64.6 Å². The van der Waals surface area contributed by atoms with E-state index < -0.39 is 0 Å². The molecule has 0 aliphatic heterocycles. The second kappa shape index (κ2) is 8.09. The molecule has 1 aliphatic carbocycles. The monoisotopic (exact) mass is 346 g/mol. The minimum Gasteiger partial charge on any atom is -0.343 e. The van der Waals surface area contributed by atoms with Crippen LogP contribution in [0.5, 0.6) is 0 Å². The number of aromatic nitrogens is 1. The minimum atomic E-state index is 0.691. The lowest BCUT2D eigenvalue weighted by Crippen LogP contribution is -2.27. The lowest BCUT2D eigenvalue weighted by Gasteiger charge is -2.15. The molecule has 0 atom stereocenters. The van der Waals surface area contributed by atoms with Crippen LogP contribution < -0.4 is 5.32 Å². The molecule has 26 heavy (non-hydrogen) atoms. The van der Waals surface area contributed by atoms with Gasteiger partial charge in [0.05, 0.1) is 0 Å². The summed E-state index contributed by atoms with van der Waals surface area (Å²) in [5.74, 6) is 0. The van der Waals surface area contributed by atoms with E-state index in [1.165, 1.54) is 66.1 Å². The Morgan fingerprint density at radius 2 is 1.62 bits per heavy atom. The Morgan fingerprint density at radius 3 is 2.42 bits per heavy atom. The van der Waals surface area contributed by atoms with E-state index in [2.05, 4.69) is 71.5 Å². The summed E-state index contributed by atoms with van der Waals surface area (Å²) in [6, 6.07) is 18.2. The normalized spacial score (nSPS) is 16.0. The quantitative estimate of drug-likeness (QED) is 0.577. The Kier molecular flexibility index (Phi) is 5.40. The lowest BCUT2D eigenvalue weighted by molar-refractivity contribution is 0.459. The van der Waals surface area contributed by atoms with Crippen LogP contribution >= 0.6 is 0 Å². The van der Waals surface area contributed by atoms with Crippen LogP contribution in [0.2, 0.25) is 0 Å². The molecule has 0 radical (unpaired) electrons. The predicted molar refractivity (Wildman–Crippen MR) is 111 cm³/mol. The topological polar surface area (TPSA) is 17.0 Å². The number of benzene rings is 2. The third-order valence-electron chi connectivity index (χ3n) is 5.91. The highest BCUT2D eigenvalue weighted by atomic mass is 15.0. The van der Waals surface area contributed by atoms with Crippen LogP contribution in [0.1, 0.15) is 55.2 Å². The molecule has 1 fully saturated rings. The summed E-state index contributed by atoms with van der Waals surface area (Å²) in [4.78, 5) is 0. The van der Waals surface area contributed by atoms with Gasteiger partial charge in [-0.25, -0.2) is 0 Å². The average Bonchev–Trinajstić information content (AvgIpc) is 2.83. The van der Waals surface area contributed by atoms with E-state index in [1.54, 1.807) is 0 Å². The summed E-state index contributed by atoms with van der Waals surface area (Å²) in [5.41, 5.74) is 5.53. The van der Waals surface area contributed by atoms with Gasteiger partial charge in [0.2, 0.25) is 0 Å². The molecule has 2 aromatic carbocycles. The third kappa shape index (κ3) is 3.86. The fourth-order valence-corrected chi connectivity index (χ4v) is 4.30. The number of aryl methyl sites for hydroxylation is 1. The van der Waals surface area contributed by atoms with Gasteiger partial charge in [-0.3, -0.25) is 0 Å². The molecule has 1 N–H and O–H groups in total. The average molecular weight is 347 g/mol. The zero-order valence-corrected chi connectivity index (χ0v) is 15.9. The van der Waals surface area contributed by atoms with Crippen molar-refractivity contribution in [2.24, 2.45) is 0 Å². The second-order valence-electron chi connectivity index (χ2n) is 7.80. The van der Waals surface area contributed by atoms with Gasteiger partial charge >= 0.3 is 0 Å². The highest BCUT2D eigenvalue weighted by Crippen LogP contribution is 2.24. The van der Waals surface area contributed by atoms with Crippen LogP contribution in [0.15, 0.2) is 54.7 Å². The molecule has 4 rings (SSSR count). The molecular formula is C24H30N2. The Morgan fingerprint density at radius 1 is 0.885 bits per heavy atom. The SMILES string of the molecule is Cc1ccccc1Cn1cc(CNC2CCCCCC2)c2ccccc21. The number of nitrogens with zero attached hydrogens (tertiary/aromatic N) is 1. The van der Waals surface area contributed by atoms with Crippen LogP contribution in [0.3, 0.4) is 0 Å². The van der Waals surface area contributed by atoms with Crippen molar-refractivity contribution in [3.05, 3.63) is 71.4 Å². The van der Waals surface area contributed by atoms with E-state index in [9.17, 15) is 0 Å².